The molecule has 3 atom stereocenters. The average molecular weight is 341 g/mol. The van der Waals surface area contributed by atoms with Gasteiger partial charge in [0.15, 0.2) is 0 Å². The Labute approximate surface area is 141 Å². The number of carboxylic acid groups (broad SMARTS) is 1. The van der Waals surface area contributed by atoms with Gasteiger partial charge in [-0.2, -0.15) is 0 Å². The average Bonchev–Trinajstić information content (AvgIpc) is 3.05. The standard InChI is InChI=1S/C16H27N3O5/c1-3-10(2)14(16(23)24)18-15(22)12-5-4-8-19(12)13(21)7-6-11(20)9-17/h10,12,14H,3-9,17H2,1-2H3,(H,18,22)(H,23,24)/t10-,12-,14?/m0/s1. The molecule has 0 aromatic heterocycles. The maximum atomic E-state index is 12.4. The molecule has 4 N–H and O–H groups in total. The summed E-state index contributed by atoms with van der Waals surface area (Å²) in [5, 5.41) is 11.8. The quantitative estimate of drug-likeness (QED) is 0.537. The number of hydrogen-bond acceptors (Lipinski definition) is 5. The Kier molecular flexibility index (Phi) is 7.84. The highest BCUT2D eigenvalue weighted by Crippen LogP contribution is 2.20. The van der Waals surface area contributed by atoms with Gasteiger partial charge in [0.1, 0.15) is 17.9 Å². The van der Waals surface area contributed by atoms with Gasteiger partial charge in [-0.1, -0.05) is 20.3 Å². The van der Waals surface area contributed by atoms with Gasteiger partial charge in [-0.05, 0) is 18.8 Å². The summed E-state index contributed by atoms with van der Waals surface area (Å²) >= 11 is 0. The van der Waals surface area contributed by atoms with Crippen LogP contribution in [0.3, 0.4) is 0 Å². The molecule has 1 rings (SSSR count). The molecule has 0 aromatic carbocycles. The second kappa shape index (κ2) is 9.36. The Hall–Kier alpha value is -1.96. The lowest BCUT2D eigenvalue weighted by Crippen LogP contribution is -2.52. The second-order valence-corrected chi connectivity index (χ2v) is 6.20. The number of hydrogen-bond donors (Lipinski definition) is 3. The number of amides is 2. The molecule has 1 saturated heterocycles. The van der Waals surface area contributed by atoms with E-state index in [1.165, 1.54) is 4.90 Å². The number of nitrogens with zero attached hydrogens (tertiary/aromatic N) is 1. The molecule has 24 heavy (non-hydrogen) atoms. The van der Waals surface area contributed by atoms with Gasteiger partial charge in [0.05, 0.1) is 6.54 Å². The molecule has 1 fully saturated rings. The topological polar surface area (TPSA) is 130 Å². The number of carboxylic acids is 1. The van der Waals surface area contributed by atoms with Crippen molar-refractivity contribution in [3.63, 3.8) is 0 Å². The first-order chi connectivity index (χ1) is 11.3. The zero-order chi connectivity index (χ0) is 18.3. The van der Waals surface area contributed by atoms with Gasteiger partial charge in [-0.25, -0.2) is 4.79 Å². The molecule has 136 valence electrons. The fraction of sp³-hybridized carbons (Fsp3) is 0.750. The first kappa shape index (κ1) is 20.1. The molecule has 0 aliphatic carbocycles. The van der Waals surface area contributed by atoms with Gasteiger partial charge >= 0.3 is 5.97 Å². The van der Waals surface area contributed by atoms with E-state index in [-0.39, 0.29) is 37.0 Å². The monoisotopic (exact) mass is 341 g/mol. The highest BCUT2D eigenvalue weighted by molar-refractivity contribution is 5.92. The number of Topliss-reactive ketones (excluding diaryl/α,β-unsaturated/α-hetero) is 1. The summed E-state index contributed by atoms with van der Waals surface area (Å²) < 4.78 is 0. The van der Waals surface area contributed by atoms with Gasteiger partial charge in [0.25, 0.3) is 0 Å². The van der Waals surface area contributed by atoms with Crippen molar-refractivity contribution in [1.29, 1.82) is 0 Å². The van der Waals surface area contributed by atoms with Crippen LogP contribution in [-0.4, -0.2) is 58.7 Å². The van der Waals surface area contributed by atoms with E-state index in [0.29, 0.717) is 25.8 Å². The van der Waals surface area contributed by atoms with Crippen LogP contribution in [0.15, 0.2) is 0 Å². The molecule has 8 nitrogen and oxygen atoms in total. The Morgan fingerprint density at radius 3 is 2.50 bits per heavy atom. The van der Waals surface area contributed by atoms with E-state index in [1.807, 2.05) is 6.92 Å². The van der Waals surface area contributed by atoms with Crippen molar-refractivity contribution >= 4 is 23.6 Å². The summed E-state index contributed by atoms with van der Waals surface area (Å²) in [6.07, 6.45) is 1.87. The molecule has 1 aliphatic heterocycles. The number of nitrogens with two attached hydrogens (primary N) is 1. The molecular weight excluding hydrogens is 314 g/mol. The molecule has 0 spiro atoms. The number of likely N-dealkylation sites (tertiary alicyclic amines) is 1. The van der Waals surface area contributed by atoms with Crippen LogP contribution >= 0.6 is 0 Å². The highest BCUT2D eigenvalue weighted by atomic mass is 16.4. The van der Waals surface area contributed by atoms with Crippen molar-refractivity contribution in [2.24, 2.45) is 11.7 Å². The Bertz CT molecular complexity index is 494. The number of nitrogens with one attached hydrogen (secondary N) is 1. The van der Waals surface area contributed by atoms with Crippen LogP contribution in [0.4, 0.5) is 0 Å². The largest absolute Gasteiger partial charge is 0.480 e. The van der Waals surface area contributed by atoms with E-state index in [2.05, 4.69) is 5.32 Å². The van der Waals surface area contributed by atoms with Gasteiger partial charge in [0, 0.05) is 19.4 Å². The normalized spacial score (nSPS) is 19.6. The zero-order valence-corrected chi connectivity index (χ0v) is 14.3. The van der Waals surface area contributed by atoms with Crippen molar-refractivity contribution in [1.82, 2.24) is 10.2 Å². The first-order valence-electron chi connectivity index (χ1n) is 8.36. The minimum absolute atomic E-state index is 0.0214. The molecule has 0 radical (unpaired) electrons. The van der Waals surface area contributed by atoms with Crippen molar-refractivity contribution in [2.45, 2.75) is 58.0 Å². The molecule has 1 aliphatic rings. The lowest BCUT2D eigenvalue weighted by molar-refractivity contribution is -0.145. The SMILES string of the molecule is CC[C@H](C)C(NC(=O)[C@@H]1CCCN1C(=O)CCC(=O)CN)C(=O)O. The maximum Gasteiger partial charge on any atom is 0.326 e. The second-order valence-electron chi connectivity index (χ2n) is 6.20. The van der Waals surface area contributed by atoms with Crippen LogP contribution in [0.25, 0.3) is 0 Å². The summed E-state index contributed by atoms with van der Waals surface area (Å²) in [4.78, 5) is 48.7. The molecule has 2 amide bonds. The van der Waals surface area contributed by atoms with Crippen LogP contribution in [0.5, 0.6) is 0 Å². The third-order valence-electron chi connectivity index (χ3n) is 4.50. The summed E-state index contributed by atoms with van der Waals surface area (Å²) in [7, 11) is 0. The van der Waals surface area contributed by atoms with Crippen LogP contribution in [0.1, 0.15) is 46.0 Å². The molecule has 0 bridgehead atoms. The maximum absolute atomic E-state index is 12.4. The van der Waals surface area contributed by atoms with Gasteiger partial charge in [-0.3, -0.25) is 14.4 Å². The minimum atomic E-state index is -1.08. The summed E-state index contributed by atoms with van der Waals surface area (Å²) in [6.45, 7) is 3.95. The van der Waals surface area contributed by atoms with Crippen molar-refractivity contribution in [3.05, 3.63) is 0 Å². The molecule has 1 unspecified atom stereocenters. The van der Waals surface area contributed by atoms with Crippen molar-refractivity contribution in [2.75, 3.05) is 13.1 Å². The molecule has 1 heterocycles. The van der Waals surface area contributed by atoms with Gasteiger partial charge in [-0.15, -0.1) is 0 Å². The highest BCUT2D eigenvalue weighted by Gasteiger charge is 2.36. The predicted molar refractivity (Wildman–Crippen MR) is 87.1 cm³/mol. The molecule has 0 saturated carbocycles. The van der Waals surface area contributed by atoms with Crippen LogP contribution < -0.4 is 11.1 Å². The lowest BCUT2D eigenvalue weighted by atomic mass is 9.98. The predicted octanol–water partition coefficient (Wildman–Crippen LogP) is -0.0991. The summed E-state index contributed by atoms with van der Waals surface area (Å²) in [5.41, 5.74) is 5.22. The van der Waals surface area contributed by atoms with E-state index in [9.17, 15) is 24.3 Å². The Morgan fingerprint density at radius 1 is 1.29 bits per heavy atom. The van der Waals surface area contributed by atoms with Crippen LogP contribution in [-0.2, 0) is 19.2 Å². The van der Waals surface area contributed by atoms with E-state index >= 15 is 0 Å². The van der Waals surface area contributed by atoms with E-state index in [0.717, 1.165) is 0 Å². The van der Waals surface area contributed by atoms with Gasteiger partial charge in [0.2, 0.25) is 11.8 Å². The summed E-state index contributed by atoms with van der Waals surface area (Å²) in [5.74, 6) is -2.21. The van der Waals surface area contributed by atoms with Gasteiger partial charge < -0.3 is 21.1 Å². The minimum Gasteiger partial charge on any atom is -0.480 e. The first-order valence-corrected chi connectivity index (χ1v) is 8.36. The van der Waals surface area contributed by atoms with Crippen molar-refractivity contribution in [3.8, 4) is 0 Å². The van der Waals surface area contributed by atoms with E-state index in [4.69, 9.17) is 5.73 Å². The molecule has 0 aromatic rings. The van der Waals surface area contributed by atoms with Crippen molar-refractivity contribution < 1.29 is 24.3 Å². The Balaban J connectivity index is 2.69. The number of ketones is 1. The number of carbonyl (C=O) groups excluding carboxylic acids is 3. The van der Waals surface area contributed by atoms with E-state index in [1.54, 1.807) is 6.92 Å². The van der Waals surface area contributed by atoms with Crippen LogP contribution in [0.2, 0.25) is 0 Å². The Morgan fingerprint density at radius 2 is 1.96 bits per heavy atom. The smallest absolute Gasteiger partial charge is 0.326 e. The molecular formula is C16H27N3O5. The fourth-order valence-corrected chi connectivity index (χ4v) is 2.76. The zero-order valence-electron chi connectivity index (χ0n) is 14.3. The lowest BCUT2D eigenvalue weighted by Gasteiger charge is -2.27. The molecule has 8 heteroatoms. The van der Waals surface area contributed by atoms with E-state index < -0.39 is 24.0 Å². The number of rotatable bonds is 9. The summed E-state index contributed by atoms with van der Waals surface area (Å²) in [6, 6.07) is -1.64. The third kappa shape index (κ3) is 5.30. The number of aliphatic carboxylic acids is 1. The third-order valence-corrected chi connectivity index (χ3v) is 4.50. The fourth-order valence-electron chi connectivity index (χ4n) is 2.76. The van der Waals surface area contributed by atoms with Crippen LogP contribution in [0, 0.1) is 5.92 Å². The number of carbonyl (C=O) groups is 4.